The zero-order valence-electron chi connectivity index (χ0n) is 15.7. The summed E-state index contributed by atoms with van der Waals surface area (Å²) in [4.78, 5) is 21.8. The predicted octanol–water partition coefficient (Wildman–Crippen LogP) is 5.57. The minimum absolute atomic E-state index is 0.351. The van der Waals surface area contributed by atoms with Crippen molar-refractivity contribution in [3.05, 3.63) is 26.5 Å². The first-order chi connectivity index (χ1) is 11.8. The van der Waals surface area contributed by atoms with Gasteiger partial charge in [-0.05, 0) is 6.42 Å². The highest BCUT2D eigenvalue weighted by Gasteiger charge is 2.07. The van der Waals surface area contributed by atoms with Crippen LogP contribution >= 0.6 is 0 Å². The maximum Gasteiger partial charge on any atom is 0.248 e. The molecule has 138 valence electrons. The molecule has 0 radical (unpaired) electrons. The Balaban J connectivity index is 1.71. The van der Waals surface area contributed by atoms with Crippen molar-refractivity contribution in [3.8, 4) is 0 Å². The van der Waals surface area contributed by atoms with E-state index >= 15 is 0 Å². The average Bonchev–Trinajstić information content (AvgIpc) is 2.60. The molecule has 1 rings (SSSR count). The molecule has 0 aliphatic rings. The van der Waals surface area contributed by atoms with Crippen molar-refractivity contribution in [2.45, 2.75) is 103 Å². The number of unbranched alkanes of at least 4 members (excludes halogenated alkanes) is 14. The molecule has 0 atom stereocenters. The van der Waals surface area contributed by atoms with Crippen LogP contribution in [0.25, 0.3) is 0 Å². The van der Waals surface area contributed by atoms with Gasteiger partial charge in [0.2, 0.25) is 10.9 Å². The Morgan fingerprint density at radius 2 is 1.08 bits per heavy atom. The first kappa shape index (κ1) is 20.9. The van der Waals surface area contributed by atoms with Crippen LogP contribution in [0.2, 0.25) is 0 Å². The maximum absolute atomic E-state index is 11.1. The van der Waals surface area contributed by atoms with Gasteiger partial charge in [0.25, 0.3) is 0 Å². The summed E-state index contributed by atoms with van der Waals surface area (Å²) in [5.41, 5.74) is -0.213. The zero-order chi connectivity index (χ0) is 17.5. The van der Waals surface area contributed by atoms with Crippen molar-refractivity contribution in [3.63, 3.8) is 0 Å². The molecule has 1 N–H and O–H groups in total. The third-order valence-corrected chi connectivity index (χ3v) is 4.84. The van der Waals surface area contributed by atoms with E-state index in [-0.39, 0.29) is 10.9 Å². The van der Waals surface area contributed by atoms with Gasteiger partial charge in [-0.2, -0.15) is 0 Å². The molecule has 0 aromatic heterocycles. The van der Waals surface area contributed by atoms with Crippen LogP contribution < -0.4 is 16.2 Å². The Labute approximate surface area is 147 Å². The predicted molar refractivity (Wildman–Crippen MR) is 105 cm³/mol. The van der Waals surface area contributed by atoms with Gasteiger partial charge in [-0.3, -0.25) is 9.59 Å². The van der Waals surface area contributed by atoms with Crippen molar-refractivity contribution in [2.75, 3.05) is 11.9 Å². The fourth-order valence-corrected chi connectivity index (χ4v) is 3.17. The molecule has 0 saturated heterocycles. The number of rotatable bonds is 17. The van der Waals surface area contributed by atoms with Crippen LogP contribution in [0.3, 0.4) is 0 Å². The molecule has 0 aliphatic carbocycles. The summed E-state index contributed by atoms with van der Waals surface area (Å²) in [6.07, 6.45) is 20.4. The molecule has 0 spiro atoms. The van der Waals surface area contributed by atoms with Gasteiger partial charge >= 0.3 is 0 Å². The Kier molecular flexibility index (Phi) is 12.4. The van der Waals surface area contributed by atoms with Crippen molar-refractivity contribution in [1.29, 1.82) is 0 Å². The summed E-state index contributed by atoms with van der Waals surface area (Å²) in [7, 11) is 0. The van der Waals surface area contributed by atoms with E-state index in [2.05, 4.69) is 12.2 Å². The monoisotopic (exact) mass is 335 g/mol. The fraction of sp³-hybridized carbons (Fsp3) is 0.810. The first-order valence-corrected chi connectivity index (χ1v) is 10.3. The standard InChI is InChI=1S/C21H37NO2/c1-2-3-4-5-6-7-8-9-10-11-12-13-14-15-16-17-22-19-18-20(23)21(19)24/h18,22H,2-17H2,1H3. The van der Waals surface area contributed by atoms with Crippen LogP contribution in [0.4, 0.5) is 5.69 Å². The summed E-state index contributed by atoms with van der Waals surface area (Å²) >= 11 is 0. The highest BCUT2D eigenvalue weighted by atomic mass is 16.2. The fourth-order valence-electron chi connectivity index (χ4n) is 3.17. The molecule has 0 unspecified atom stereocenters. The normalized spacial score (nSPS) is 11.2. The van der Waals surface area contributed by atoms with Crippen LogP contribution in [0.5, 0.6) is 0 Å². The van der Waals surface area contributed by atoms with Crippen molar-refractivity contribution < 1.29 is 0 Å². The number of nitrogens with one attached hydrogen (secondary N) is 1. The van der Waals surface area contributed by atoms with E-state index in [0.29, 0.717) is 5.69 Å². The third kappa shape index (κ3) is 9.89. The lowest BCUT2D eigenvalue weighted by Gasteiger charge is -2.06. The molecule has 1 aromatic rings. The highest BCUT2D eigenvalue weighted by Crippen LogP contribution is 2.13. The minimum Gasteiger partial charge on any atom is -0.382 e. The second-order valence-corrected chi connectivity index (χ2v) is 7.13. The summed E-state index contributed by atoms with van der Waals surface area (Å²) in [5.74, 6) is 0. The molecule has 0 aliphatic heterocycles. The van der Waals surface area contributed by atoms with Gasteiger partial charge in [-0.25, -0.2) is 0 Å². The van der Waals surface area contributed by atoms with Gasteiger partial charge in [-0.15, -0.1) is 0 Å². The van der Waals surface area contributed by atoms with Crippen LogP contribution in [-0.4, -0.2) is 6.54 Å². The van der Waals surface area contributed by atoms with Crippen molar-refractivity contribution in [2.24, 2.45) is 0 Å². The summed E-state index contributed by atoms with van der Waals surface area (Å²) in [6.45, 7) is 3.08. The lowest BCUT2D eigenvalue weighted by Crippen LogP contribution is -2.32. The van der Waals surface area contributed by atoms with E-state index in [4.69, 9.17) is 0 Å². The Hall–Kier alpha value is -1.12. The Bertz CT molecular complexity index is 474. The minimum atomic E-state index is -0.367. The lowest BCUT2D eigenvalue weighted by atomic mass is 10.0. The van der Waals surface area contributed by atoms with Crippen molar-refractivity contribution >= 4 is 5.69 Å². The molecular formula is C21H37NO2. The van der Waals surface area contributed by atoms with E-state index in [1.807, 2.05) is 0 Å². The first-order valence-electron chi connectivity index (χ1n) is 10.3. The zero-order valence-corrected chi connectivity index (χ0v) is 15.7. The lowest BCUT2D eigenvalue weighted by molar-refractivity contribution is 0.533. The third-order valence-electron chi connectivity index (χ3n) is 4.84. The molecule has 0 saturated carbocycles. The molecule has 1 aromatic carbocycles. The topological polar surface area (TPSA) is 46.2 Å². The van der Waals surface area contributed by atoms with Crippen LogP contribution in [-0.2, 0) is 0 Å². The van der Waals surface area contributed by atoms with Gasteiger partial charge in [0.15, 0.2) is 0 Å². The average molecular weight is 336 g/mol. The highest BCUT2D eigenvalue weighted by molar-refractivity contribution is 5.46. The second kappa shape index (κ2) is 14.2. The number of hydrogen-bond donors (Lipinski definition) is 1. The van der Waals surface area contributed by atoms with Gasteiger partial charge in [0.05, 0.1) is 5.69 Å². The van der Waals surface area contributed by atoms with Crippen molar-refractivity contribution in [1.82, 2.24) is 0 Å². The Morgan fingerprint density at radius 1 is 0.667 bits per heavy atom. The molecule has 3 heteroatoms. The van der Waals surface area contributed by atoms with E-state index in [1.165, 1.54) is 96.0 Å². The molecule has 3 nitrogen and oxygen atoms in total. The van der Waals surface area contributed by atoms with Crippen LogP contribution in [0.1, 0.15) is 103 Å². The number of hydrogen-bond acceptors (Lipinski definition) is 3. The van der Waals surface area contributed by atoms with E-state index in [9.17, 15) is 9.59 Å². The molecule has 0 heterocycles. The molecule has 0 fully saturated rings. The van der Waals surface area contributed by atoms with Crippen LogP contribution in [0, 0.1) is 0 Å². The second-order valence-electron chi connectivity index (χ2n) is 7.13. The smallest absolute Gasteiger partial charge is 0.248 e. The van der Waals surface area contributed by atoms with Gasteiger partial charge in [0.1, 0.15) is 0 Å². The summed E-state index contributed by atoms with van der Waals surface area (Å²) in [6, 6.07) is 1.40. The Morgan fingerprint density at radius 3 is 1.46 bits per heavy atom. The summed E-state index contributed by atoms with van der Waals surface area (Å²) in [5, 5.41) is 3.04. The summed E-state index contributed by atoms with van der Waals surface area (Å²) < 4.78 is 0. The molecule has 24 heavy (non-hydrogen) atoms. The SMILES string of the molecule is CCCCCCCCCCCCCCCCCNc1cc(=O)c1=O. The molecule has 0 bridgehead atoms. The molecular weight excluding hydrogens is 298 g/mol. The maximum atomic E-state index is 11.1. The quantitative estimate of drug-likeness (QED) is 0.299. The van der Waals surface area contributed by atoms with Crippen LogP contribution in [0.15, 0.2) is 15.7 Å². The van der Waals surface area contributed by atoms with Gasteiger partial charge < -0.3 is 5.32 Å². The van der Waals surface area contributed by atoms with E-state index in [1.54, 1.807) is 0 Å². The molecule has 0 amide bonds. The van der Waals surface area contributed by atoms with Gasteiger partial charge in [0, 0.05) is 12.6 Å². The van der Waals surface area contributed by atoms with E-state index < -0.39 is 0 Å². The van der Waals surface area contributed by atoms with Gasteiger partial charge in [-0.1, -0.05) is 96.8 Å². The number of anilines is 1. The largest absolute Gasteiger partial charge is 0.382 e. The van der Waals surface area contributed by atoms with E-state index in [0.717, 1.165) is 13.0 Å².